The smallest absolute Gasteiger partial charge is 0.130 e. The van der Waals surface area contributed by atoms with Crippen LogP contribution in [0.15, 0.2) is 85.2 Å². The summed E-state index contributed by atoms with van der Waals surface area (Å²) in [6.07, 6.45) is 5.00. The van der Waals surface area contributed by atoms with Gasteiger partial charge in [-0.15, -0.1) is 23.8 Å². The number of benzene rings is 3. The first-order valence-corrected chi connectivity index (χ1v) is 22.9. The molecule has 3 aromatic carbocycles. The molecule has 0 aliphatic carbocycles. The van der Waals surface area contributed by atoms with Gasteiger partial charge >= 0.3 is 126 Å². The van der Waals surface area contributed by atoms with Gasteiger partial charge in [0.2, 0.25) is 0 Å². The van der Waals surface area contributed by atoms with E-state index in [2.05, 4.69) is 66.6 Å². The molecule has 0 bridgehead atoms. The molecule has 0 N–H and O–H groups in total. The molecule has 44 heavy (non-hydrogen) atoms. The van der Waals surface area contributed by atoms with Gasteiger partial charge in [0.25, 0.3) is 0 Å². The first kappa shape index (κ1) is 32.7. The molecule has 0 atom stereocenters. The second-order valence-corrected chi connectivity index (χ2v) is 24.2. The topological polar surface area (TPSA) is 25.8 Å². The summed E-state index contributed by atoms with van der Waals surface area (Å²) >= 11 is -0.306. The van der Waals surface area contributed by atoms with Crippen LogP contribution in [0.3, 0.4) is 0 Å². The zero-order chi connectivity index (χ0) is 31.6. The van der Waals surface area contributed by atoms with Crippen molar-refractivity contribution in [1.29, 1.82) is 0 Å². The number of pyridine rings is 2. The van der Waals surface area contributed by atoms with Crippen LogP contribution in [0, 0.1) is 23.9 Å². The van der Waals surface area contributed by atoms with Gasteiger partial charge in [0.15, 0.2) is 0 Å². The molecule has 1 radical (unpaired) electrons. The van der Waals surface area contributed by atoms with Crippen molar-refractivity contribution >= 4 is 49.2 Å². The third-order valence-corrected chi connectivity index (χ3v) is 12.9. The summed E-state index contributed by atoms with van der Waals surface area (Å²) in [5, 5.41) is 1.55. The molecule has 0 spiro atoms. The van der Waals surface area contributed by atoms with E-state index in [0.29, 0.717) is 11.3 Å². The van der Waals surface area contributed by atoms with Gasteiger partial charge in [0.1, 0.15) is 5.82 Å². The van der Waals surface area contributed by atoms with Crippen LogP contribution in [0.4, 0.5) is 4.39 Å². The summed E-state index contributed by atoms with van der Waals surface area (Å²) in [6, 6.07) is 29.6. The summed E-state index contributed by atoms with van der Waals surface area (Å²) in [5.74, 6) is 7.09. The Morgan fingerprint density at radius 1 is 0.909 bits per heavy atom. The van der Waals surface area contributed by atoms with Crippen LogP contribution >= 0.6 is 11.3 Å². The molecule has 0 saturated heterocycles. The van der Waals surface area contributed by atoms with Gasteiger partial charge in [-0.25, -0.2) is 4.39 Å². The van der Waals surface area contributed by atoms with E-state index in [1.807, 2.05) is 62.4 Å². The Hall–Kier alpha value is -2.70. The molecule has 0 aliphatic heterocycles. The number of rotatable bonds is 6. The number of fused-ring (bicyclic) bond motifs is 3. The SMILES string of the molecule is CC(C)Cc1cc(-c2[c-]cccc2)nc[c]1[Ge]([CH3])([CH3])[CH3].[2H]C(C)(C)c1ccnc(-c2[c-]ccc3c2sc2cccc(F)c23)c1.[Ir]. The van der Waals surface area contributed by atoms with Crippen molar-refractivity contribution in [3.05, 3.63) is 114 Å². The fourth-order valence-electron chi connectivity index (χ4n) is 5.30. The van der Waals surface area contributed by atoms with Gasteiger partial charge in [-0.05, 0) is 34.5 Å². The molecule has 2 nitrogen and oxygen atoms in total. The number of hydrogen-bond donors (Lipinski definition) is 0. The quantitative estimate of drug-likeness (QED) is 0.123. The first-order valence-electron chi connectivity index (χ1n) is 15.3. The molecule has 6 heteroatoms. The summed E-state index contributed by atoms with van der Waals surface area (Å²) in [7, 11) is 0. The number of hydrogen-bond acceptors (Lipinski definition) is 3. The fourth-order valence-corrected chi connectivity index (χ4v) is 9.85. The van der Waals surface area contributed by atoms with Gasteiger partial charge in [-0.2, -0.15) is 11.3 Å². The summed E-state index contributed by atoms with van der Waals surface area (Å²) in [4.78, 5) is 9.16. The third kappa shape index (κ3) is 7.74. The minimum atomic E-state index is -1.86. The van der Waals surface area contributed by atoms with Crippen LogP contribution in [0.1, 0.15) is 46.1 Å². The largest absolute Gasteiger partial charge is 0.305 e. The molecule has 0 unspecified atom stereocenters. The van der Waals surface area contributed by atoms with E-state index in [1.165, 1.54) is 11.6 Å². The van der Waals surface area contributed by atoms with Gasteiger partial charge < -0.3 is 4.98 Å². The molecule has 0 saturated carbocycles. The Morgan fingerprint density at radius 2 is 1.70 bits per heavy atom. The standard InChI is InChI=1S/C20H15FNS.C18H24GeN.Ir/c1-12(2)13-9-10-22-17(11-13)14-5-3-6-15-19-16(21)7-4-8-18(19)23-20(14)15;1-14(2)11-16-12-18(15-9-7-6-8-10-15)20-13-17(16)19(3,4)5;/h3-4,6-12H,1-2H3;6-9,12-14H,11H2,1-5H3;/q2*-1;/i12D;;. The number of aromatic nitrogens is 2. The monoisotopic (exact) mass is 842 g/mol. The van der Waals surface area contributed by atoms with Crippen molar-refractivity contribution in [2.45, 2.75) is 57.3 Å². The molecule has 3 aromatic heterocycles. The molecular weight excluding hydrogens is 800 g/mol. The predicted octanol–water partition coefficient (Wildman–Crippen LogP) is 10.5. The Labute approximate surface area is 283 Å². The average Bonchev–Trinajstić information content (AvgIpc) is 3.37. The number of thiophene rings is 1. The Balaban J connectivity index is 0.000000204. The van der Waals surface area contributed by atoms with Crippen LogP contribution in [0.25, 0.3) is 42.7 Å². The Morgan fingerprint density at radius 3 is 2.39 bits per heavy atom. The van der Waals surface area contributed by atoms with Gasteiger partial charge in [0, 0.05) is 37.8 Å². The molecule has 6 aromatic rings. The van der Waals surface area contributed by atoms with Crippen LogP contribution in [-0.2, 0) is 26.5 Å². The second-order valence-electron chi connectivity index (χ2n) is 12.6. The maximum absolute atomic E-state index is 14.3. The summed E-state index contributed by atoms with van der Waals surface area (Å²) in [5.41, 5.74) is 6.16. The maximum Gasteiger partial charge on any atom is 0.130 e. The van der Waals surface area contributed by atoms with Crippen LogP contribution < -0.4 is 4.40 Å². The van der Waals surface area contributed by atoms with Gasteiger partial charge in [-0.3, -0.25) is 0 Å². The fraction of sp³-hybridized carbons (Fsp3) is 0.263. The summed E-state index contributed by atoms with van der Waals surface area (Å²) in [6.45, 7) is 8.28. The van der Waals surface area contributed by atoms with E-state index in [0.717, 1.165) is 49.3 Å². The van der Waals surface area contributed by atoms with Crippen molar-refractivity contribution in [3.8, 4) is 22.5 Å². The Kier molecular flexibility index (Phi) is 10.8. The van der Waals surface area contributed by atoms with E-state index in [1.54, 1.807) is 28.0 Å². The van der Waals surface area contributed by atoms with Gasteiger partial charge in [0.05, 0.1) is 0 Å². The number of nitrogens with zero attached hydrogens (tertiary/aromatic N) is 2. The minimum Gasteiger partial charge on any atom is -0.305 e. The second kappa shape index (κ2) is 14.6. The molecule has 6 rings (SSSR count). The van der Waals surface area contributed by atoms with Crippen LogP contribution in [-0.4, -0.2) is 23.2 Å². The van der Waals surface area contributed by atoms with E-state index in [4.69, 9.17) is 6.35 Å². The third-order valence-electron chi connectivity index (χ3n) is 7.41. The van der Waals surface area contributed by atoms with E-state index in [-0.39, 0.29) is 25.9 Å². The molecule has 0 aliphatic rings. The average molecular weight is 841 g/mol. The van der Waals surface area contributed by atoms with Crippen molar-refractivity contribution in [2.75, 3.05) is 0 Å². The van der Waals surface area contributed by atoms with Crippen LogP contribution in [0.5, 0.6) is 0 Å². The van der Waals surface area contributed by atoms with Crippen molar-refractivity contribution in [2.24, 2.45) is 5.92 Å². The van der Waals surface area contributed by atoms with E-state index < -0.39 is 19.2 Å². The van der Waals surface area contributed by atoms with E-state index >= 15 is 0 Å². The molecule has 0 amide bonds. The zero-order valence-corrected chi connectivity index (χ0v) is 31.7. The molecule has 229 valence electrons. The van der Waals surface area contributed by atoms with Gasteiger partial charge in [-0.1, -0.05) is 36.9 Å². The molecule has 3 heterocycles. The Bertz CT molecular complexity index is 1910. The minimum absolute atomic E-state index is 0. The predicted molar refractivity (Wildman–Crippen MR) is 185 cm³/mol. The number of halogens is 1. The summed E-state index contributed by atoms with van der Waals surface area (Å²) < 4.78 is 25.9. The van der Waals surface area contributed by atoms with Crippen molar-refractivity contribution < 1.29 is 25.9 Å². The zero-order valence-electron chi connectivity index (χ0n) is 27.4. The van der Waals surface area contributed by atoms with E-state index in [9.17, 15) is 4.39 Å². The van der Waals surface area contributed by atoms with Crippen molar-refractivity contribution in [1.82, 2.24) is 9.97 Å². The molecular formula is C38H39FGeIrN2S-2. The molecule has 0 fully saturated rings. The first-order chi connectivity index (χ1) is 20.8. The van der Waals surface area contributed by atoms with Crippen molar-refractivity contribution in [3.63, 3.8) is 0 Å². The van der Waals surface area contributed by atoms with Crippen LogP contribution in [0.2, 0.25) is 17.3 Å². The normalized spacial score (nSPS) is 12.1. The maximum atomic E-state index is 14.3.